The van der Waals surface area contributed by atoms with Crippen molar-refractivity contribution in [3.8, 4) is 0 Å². The van der Waals surface area contributed by atoms with Gasteiger partial charge in [0.25, 0.3) is 0 Å². The summed E-state index contributed by atoms with van der Waals surface area (Å²) in [5, 5.41) is 10.9. The van der Waals surface area contributed by atoms with Gasteiger partial charge < -0.3 is 5.11 Å². The van der Waals surface area contributed by atoms with E-state index in [1.807, 2.05) is 24.3 Å². The van der Waals surface area contributed by atoms with Crippen LogP contribution in [0.4, 0.5) is 0 Å². The number of β-amino-alcohol motifs (C(OH)–C–C–N with tert-alkyl or cyclic N) is 1. The van der Waals surface area contributed by atoms with Gasteiger partial charge >= 0.3 is 0 Å². The van der Waals surface area contributed by atoms with Gasteiger partial charge in [0.15, 0.2) is 0 Å². The van der Waals surface area contributed by atoms with Crippen LogP contribution in [0.3, 0.4) is 0 Å². The monoisotopic (exact) mass is 282 g/mol. The highest BCUT2D eigenvalue weighted by Gasteiger charge is 2.21. The predicted molar refractivity (Wildman–Crippen MR) is 79.6 cm³/mol. The Morgan fingerprint density at radius 1 is 1.16 bits per heavy atom. The molecule has 0 radical (unpaired) electrons. The molecule has 0 amide bonds. The Bertz CT molecular complexity index is 403. The number of aliphatic hydroxyl groups excluding tert-OH is 1. The standard InChI is InChI=1S/C15H23ClN2O/c1-12(2)18-9-7-17(8-10-18)11-15(19)13-5-3-4-6-14(13)16/h3-6,12,15,19H,7-11H2,1-2H3. The average molecular weight is 283 g/mol. The maximum atomic E-state index is 10.3. The van der Waals surface area contributed by atoms with Crippen LogP contribution in [0.5, 0.6) is 0 Å². The van der Waals surface area contributed by atoms with Gasteiger partial charge in [-0.1, -0.05) is 29.8 Å². The zero-order valence-electron chi connectivity index (χ0n) is 11.7. The van der Waals surface area contributed by atoms with E-state index in [-0.39, 0.29) is 0 Å². The van der Waals surface area contributed by atoms with Crippen LogP contribution >= 0.6 is 11.6 Å². The second kappa shape index (κ2) is 6.71. The van der Waals surface area contributed by atoms with Crippen molar-refractivity contribution < 1.29 is 5.11 Å². The van der Waals surface area contributed by atoms with Crippen molar-refractivity contribution in [1.82, 2.24) is 9.80 Å². The molecule has 0 aliphatic carbocycles. The third-order valence-corrected chi connectivity index (χ3v) is 4.18. The van der Waals surface area contributed by atoms with Crippen LogP contribution in [-0.2, 0) is 0 Å². The van der Waals surface area contributed by atoms with Gasteiger partial charge in [0.05, 0.1) is 6.10 Å². The van der Waals surface area contributed by atoms with Crippen molar-refractivity contribution in [2.45, 2.75) is 26.0 Å². The van der Waals surface area contributed by atoms with Crippen molar-refractivity contribution in [2.24, 2.45) is 0 Å². The molecule has 1 heterocycles. The molecule has 1 aliphatic rings. The summed E-state index contributed by atoms with van der Waals surface area (Å²) in [4.78, 5) is 4.78. The van der Waals surface area contributed by atoms with Crippen LogP contribution in [0.1, 0.15) is 25.5 Å². The van der Waals surface area contributed by atoms with E-state index in [0.717, 1.165) is 31.7 Å². The predicted octanol–water partition coefficient (Wildman–Crippen LogP) is 2.40. The molecular weight excluding hydrogens is 260 g/mol. The maximum absolute atomic E-state index is 10.3. The second-order valence-electron chi connectivity index (χ2n) is 5.47. The number of piperazine rings is 1. The lowest BCUT2D eigenvalue weighted by Gasteiger charge is -2.37. The summed E-state index contributed by atoms with van der Waals surface area (Å²) < 4.78 is 0. The van der Waals surface area contributed by atoms with Crippen LogP contribution in [0.2, 0.25) is 5.02 Å². The third-order valence-electron chi connectivity index (χ3n) is 3.83. The molecule has 0 spiro atoms. The first kappa shape index (κ1) is 14.8. The SMILES string of the molecule is CC(C)N1CCN(CC(O)c2ccccc2Cl)CC1. The summed E-state index contributed by atoms with van der Waals surface area (Å²) in [6, 6.07) is 8.14. The minimum atomic E-state index is -0.501. The Morgan fingerprint density at radius 3 is 2.37 bits per heavy atom. The number of aliphatic hydroxyl groups is 1. The molecule has 2 rings (SSSR count). The summed E-state index contributed by atoms with van der Waals surface area (Å²) in [5.74, 6) is 0. The number of halogens is 1. The van der Waals surface area contributed by atoms with E-state index in [2.05, 4.69) is 23.6 Å². The molecule has 1 fully saturated rings. The Hall–Kier alpha value is -0.610. The van der Waals surface area contributed by atoms with Crippen molar-refractivity contribution in [3.63, 3.8) is 0 Å². The molecule has 0 bridgehead atoms. The van der Waals surface area contributed by atoms with Crippen LogP contribution in [-0.4, -0.2) is 53.7 Å². The zero-order valence-corrected chi connectivity index (χ0v) is 12.5. The van der Waals surface area contributed by atoms with E-state index >= 15 is 0 Å². The molecule has 1 aromatic rings. The van der Waals surface area contributed by atoms with Gasteiger partial charge in [-0.15, -0.1) is 0 Å². The first-order chi connectivity index (χ1) is 9.08. The van der Waals surface area contributed by atoms with Crippen molar-refractivity contribution in [1.29, 1.82) is 0 Å². The van der Waals surface area contributed by atoms with Crippen LogP contribution in [0.25, 0.3) is 0 Å². The Kier molecular flexibility index (Phi) is 5.22. The van der Waals surface area contributed by atoms with E-state index in [1.165, 1.54) is 0 Å². The minimum Gasteiger partial charge on any atom is -0.387 e. The largest absolute Gasteiger partial charge is 0.387 e. The Morgan fingerprint density at radius 2 is 1.79 bits per heavy atom. The van der Waals surface area contributed by atoms with E-state index in [4.69, 9.17) is 11.6 Å². The van der Waals surface area contributed by atoms with Crippen LogP contribution in [0.15, 0.2) is 24.3 Å². The highest BCUT2D eigenvalue weighted by Crippen LogP contribution is 2.23. The fourth-order valence-electron chi connectivity index (χ4n) is 2.55. The highest BCUT2D eigenvalue weighted by atomic mass is 35.5. The van der Waals surface area contributed by atoms with E-state index in [0.29, 0.717) is 17.6 Å². The molecule has 1 aromatic carbocycles. The summed E-state index contributed by atoms with van der Waals surface area (Å²) in [6.07, 6.45) is -0.501. The van der Waals surface area contributed by atoms with E-state index < -0.39 is 6.10 Å². The molecular formula is C15H23ClN2O. The number of hydrogen-bond acceptors (Lipinski definition) is 3. The molecule has 19 heavy (non-hydrogen) atoms. The molecule has 106 valence electrons. The lowest BCUT2D eigenvalue weighted by atomic mass is 10.1. The summed E-state index contributed by atoms with van der Waals surface area (Å²) in [7, 11) is 0. The van der Waals surface area contributed by atoms with Gasteiger partial charge in [0, 0.05) is 49.4 Å². The van der Waals surface area contributed by atoms with Gasteiger partial charge in [0.2, 0.25) is 0 Å². The smallest absolute Gasteiger partial charge is 0.0931 e. The Balaban J connectivity index is 1.87. The van der Waals surface area contributed by atoms with Crippen LogP contribution < -0.4 is 0 Å². The molecule has 1 atom stereocenters. The van der Waals surface area contributed by atoms with Gasteiger partial charge in [-0.3, -0.25) is 9.80 Å². The first-order valence-electron chi connectivity index (χ1n) is 6.97. The number of nitrogens with zero attached hydrogens (tertiary/aromatic N) is 2. The van der Waals surface area contributed by atoms with E-state index in [1.54, 1.807) is 0 Å². The lowest BCUT2D eigenvalue weighted by Crippen LogP contribution is -2.49. The highest BCUT2D eigenvalue weighted by molar-refractivity contribution is 6.31. The molecule has 1 unspecified atom stereocenters. The summed E-state index contributed by atoms with van der Waals surface area (Å²) >= 11 is 6.11. The topological polar surface area (TPSA) is 26.7 Å². The minimum absolute atomic E-state index is 0.501. The molecule has 0 aromatic heterocycles. The second-order valence-corrected chi connectivity index (χ2v) is 5.87. The van der Waals surface area contributed by atoms with Crippen molar-refractivity contribution >= 4 is 11.6 Å². The van der Waals surface area contributed by atoms with Crippen molar-refractivity contribution in [2.75, 3.05) is 32.7 Å². The summed E-state index contributed by atoms with van der Waals surface area (Å²) in [6.45, 7) is 9.30. The molecule has 1 saturated heterocycles. The normalized spacial score (nSPS) is 19.8. The van der Waals surface area contributed by atoms with Gasteiger partial charge in [-0.25, -0.2) is 0 Å². The summed E-state index contributed by atoms with van der Waals surface area (Å²) in [5.41, 5.74) is 0.829. The average Bonchev–Trinajstić information content (AvgIpc) is 2.39. The fourth-order valence-corrected chi connectivity index (χ4v) is 2.81. The van der Waals surface area contributed by atoms with Gasteiger partial charge in [-0.05, 0) is 19.9 Å². The molecule has 1 N–H and O–H groups in total. The van der Waals surface area contributed by atoms with Gasteiger partial charge in [-0.2, -0.15) is 0 Å². The maximum Gasteiger partial charge on any atom is 0.0931 e. The fraction of sp³-hybridized carbons (Fsp3) is 0.600. The number of hydrogen-bond donors (Lipinski definition) is 1. The van der Waals surface area contributed by atoms with Crippen molar-refractivity contribution in [3.05, 3.63) is 34.9 Å². The van der Waals surface area contributed by atoms with Crippen LogP contribution in [0, 0.1) is 0 Å². The first-order valence-corrected chi connectivity index (χ1v) is 7.34. The zero-order chi connectivity index (χ0) is 13.8. The third kappa shape index (κ3) is 3.93. The molecule has 4 heteroatoms. The Labute approximate surface area is 120 Å². The van der Waals surface area contributed by atoms with E-state index in [9.17, 15) is 5.11 Å². The number of rotatable bonds is 4. The molecule has 0 saturated carbocycles. The van der Waals surface area contributed by atoms with Gasteiger partial charge in [0.1, 0.15) is 0 Å². The lowest BCUT2D eigenvalue weighted by molar-refractivity contribution is 0.0621. The molecule has 1 aliphatic heterocycles. The molecule has 3 nitrogen and oxygen atoms in total. The quantitative estimate of drug-likeness (QED) is 0.919. The number of benzene rings is 1.